The minimum absolute atomic E-state index is 0.229. The number of rotatable bonds is 6. The van der Waals surface area contributed by atoms with Crippen molar-refractivity contribution >= 4 is 23.7 Å². The number of carbonyl (C=O) groups is 2. The fourth-order valence-corrected chi connectivity index (χ4v) is 2.22. The molecule has 0 N–H and O–H groups in total. The van der Waals surface area contributed by atoms with E-state index < -0.39 is 11.9 Å². The van der Waals surface area contributed by atoms with Crippen LogP contribution in [0, 0.1) is 12.8 Å². The summed E-state index contributed by atoms with van der Waals surface area (Å²) in [5.74, 6) is -1.84. The summed E-state index contributed by atoms with van der Waals surface area (Å²) in [6.45, 7) is 5.21. The Balaban J connectivity index is 2.25. The molecule has 124 valence electrons. The van der Waals surface area contributed by atoms with Crippen LogP contribution in [0.5, 0.6) is 0 Å². The Bertz CT molecular complexity index is 769. The number of pyridine rings is 1. The van der Waals surface area contributed by atoms with Crippen molar-refractivity contribution in [2.75, 3.05) is 6.61 Å². The molecule has 0 radical (unpaired) electrons. The van der Waals surface area contributed by atoms with Crippen LogP contribution in [0.1, 0.15) is 19.5 Å². The Morgan fingerprint density at radius 3 is 2.67 bits per heavy atom. The van der Waals surface area contributed by atoms with Gasteiger partial charge in [0.25, 0.3) is 0 Å². The summed E-state index contributed by atoms with van der Waals surface area (Å²) in [4.78, 5) is 31.9. The highest BCUT2D eigenvalue weighted by Gasteiger charge is 2.22. The monoisotopic (exact) mass is 324 g/mol. The number of aryl methyl sites for hydroxylation is 1. The molecule has 2 rings (SSSR count). The van der Waals surface area contributed by atoms with Crippen LogP contribution < -0.4 is 0 Å². The number of nitrogens with zero attached hydrogens (tertiary/aromatic N) is 2. The maximum Gasteiger partial charge on any atom is 0.321 e. The average molecular weight is 324 g/mol. The van der Waals surface area contributed by atoms with E-state index in [2.05, 4.69) is 9.98 Å². The summed E-state index contributed by atoms with van der Waals surface area (Å²) >= 11 is 0. The minimum Gasteiger partial charge on any atom is -0.465 e. The zero-order valence-corrected chi connectivity index (χ0v) is 14.0. The number of ether oxygens (including phenoxy) is 1. The third-order valence-corrected chi connectivity index (χ3v) is 3.43. The molecule has 1 aromatic carbocycles. The van der Waals surface area contributed by atoms with E-state index in [0.717, 1.165) is 16.8 Å². The minimum atomic E-state index is -0.975. The number of ketones is 1. The van der Waals surface area contributed by atoms with Crippen molar-refractivity contribution in [3.05, 3.63) is 48.3 Å². The van der Waals surface area contributed by atoms with Crippen LogP contribution in [-0.4, -0.2) is 29.6 Å². The fraction of sp³-hybridized carbons (Fsp3) is 0.263. The molecule has 5 nitrogen and oxygen atoms in total. The number of carbonyl (C=O) groups excluding carboxylic acids is 2. The smallest absolute Gasteiger partial charge is 0.321 e. The van der Waals surface area contributed by atoms with Crippen molar-refractivity contribution in [2.24, 2.45) is 10.9 Å². The van der Waals surface area contributed by atoms with Crippen molar-refractivity contribution in [3.63, 3.8) is 0 Å². The van der Waals surface area contributed by atoms with Gasteiger partial charge in [-0.05, 0) is 56.2 Å². The quantitative estimate of drug-likeness (QED) is 0.463. The standard InChI is InChI=1S/C19H20N2O3/c1-4-24-19(23)18(14(3)22)12-21-17-7-5-6-15(11-17)16-8-9-20-13(2)10-16/h5-12,18H,4H2,1-3H3. The van der Waals surface area contributed by atoms with E-state index in [1.807, 2.05) is 43.3 Å². The van der Waals surface area contributed by atoms with Gasteiger partial charge in [-0.3, -0.25) is 19.6 Å². The number of hydrogen-bond donors (Lipinski definition) is 0. The number of benzene rings is 1. The van der Waals surface area contributed by atoms with Crippen molar-refractivity contribution in [3.8, 4) is 11.1 Å². The molecule has 0 bridgehead atoms. The van der Waals surface area contributed by atoms with Crippen molar-refractivity contribution in [1.82, 2.24) is 4.98 Å². The zero-order valence-electron chi connectivity index (χ0n) is 14.0. The maximum atomic E-state index is 11.8. The molecule has 1 unspecified atom stereocenters. The first-order chi connectivity index (χ1) is 11.5. The van der Waals surface area contributed by atoms with Crippen LogP contribution in [-0.2, 0) is 14.3 Å². The van der Waals surface area contributed by atoms with Crippen LogP contribution in [0.25, 0.3) is 11.1 Å². The SMILES string of the molecule is CCOC(=O)C(C=Nc1cccc(-c2ccnc(C)c2)c1)C(C)=O. The number of aromatic nitrogens is 1. The summed E-state index contributed by atoms with van der Waals surface area (Å²) < 4.78 is 4.90. The van der Waals surface area contributed by atoms with Gasteiger partial charge in [-0.2, -0.15) is 0 Å². The maximum absolute atomic E-state index is 11.8. The van der Waals surface area contributed by atoms with Gasteiger partial charge in [-0.25, -0.2) is 0 Å². The molecule has 1 atom stereocenters. The van der Waals surface area contributed by atoms with Gasteiger partial charge in [-0.1, -0.05) is 12.1 Å². The van der Waals surface area contributed by atoms with Gasteiger partial charge in [0, 0.05) is 18.1 Å². The predicted molar refractivity (Wildman–Crippen MR) is 93.4 cm³/mol. The van der Waals surface area contributed by atoms with Crippen LogP contribution in [0.4, 0.5) is 5.69 Å². The lowest BCUT2D eigenvalue weighted by Crippen LogP contribution is -2.25. The molecule has 0 aliphatic carbocycles. The summed E-state index contributed by atoms with van der Waals surface area (Å²) in [6.07, 6.45) is 3.10. The number of hydrogen-bond acceptors (Lipinski definition) is 5. The Labute approximate surface area is 141 Å². The second kappa shape index (κ2) is 8.15. The van der Waals surface area contributed by atoms with Crippen molar-refractivity contribution < 1.29 is 14.3 Å². The Morgan fingerprint density at radius 1 is 1.25 bits per heavy atom. The molecular formula is C19H20N2O3. The number of Topliss-reactive ketones (excluding diaryl/α,β-unsaturated/α-hetero) is 1. The molecule has 0 spiro atoms. The molecule has 0 amide bonds. The third kappa shape index (κ3) is 4.59. The zero-order chi connectivity index (χ0) is 17.5. The van der Waals surface area contributed by atoms with E-state index >= 15 is 0 Å². The van der Waals surface area contributed by atoms with E-state index in [9.17, 15) is 9.59 Å². The summed E-state index contributed by atoms with van der Waals surface area (Å²) in [7, 11) is 0. The van der Waals surface area contributed by atoms with Gasteiger partial charge in [-0.15, -0.1) is 0 Å². The lowest BCUT2D eigenvalue weighted by molar-refractivity contribution is -0.148. The Morgan fingerprint density at radius 2 is 2.00 bits per heavy atom. The number of aliphatic imine (C=N–C) groups is 1. The molecule has 0 fully saturated rings. The van der Waals surface area contributed by atoms with E-state index in [0.29, 0.717) is 5.69 Å². The van der Waals surface area contributed by atoms with Gasteiger partial charge in [0.15, 0.2) is 5.92 Å². The van der Waals surface area contributed by atoms with E-state index in [-0.39, 0.29) is 12.4 Å². The molecular weight excluding hydrogens is 304 g/mol. The van der Waals surface area contributed by atoms with Gasteiger partial charge in [0.05, 0.1) is 12.3 Å². The molecule has 0 aliphatic heterocycles. The third-order valence-electron chi connectivity index (χ3n) is 3.43. The second-order valence-corrected chi connectivity index (χ2v) is 5.35. The molecule has 0 saturated carbocycles. The molecule has 0 aliphatic rings. The van der Waals surface area contributed by atoms with Crippen LogP contribution >= 0.6 is 0 Å². The number of esters is 1. The second-order valence-electron chi connectivity index (χ2n) is 5.35. The van der Waals surface area contributed by atoms with Crippen LogP contribution in [0.15, 0.2) is 47.6 Å². The first kappa shape index (κ1) is 17.5. The largest absolute Gasteiger partial charge is 0.465 e. The average Bonchev–Trinajstić information content (AvgIpc) is 2.55. The summed E-state index contributed by atoms with van der Waals surface area (Å²) in [6, 6.07) is 11.5. The molecule has 5 heteroatoms. The van der Waals surface area contributed by atoms with Crippen LogP contribution in [0.2, 0.25) is 0 Å². The Hall–Kier alpha value is -2.82. The van der Waals surface area contributed by atoms with E-state index in [4.69, 9.17) is 4.74 Å². The van der Waals surface area contributed by atoms with Gasteiger partial charge in [0.2, 0.25) is 0 Å². The first-order valence-electron chi connectivity index (χ1n) is 7.75. The lowest BCUT2D eigenvalue weighted by atomic mass is 10.1. The van der Waals surface area contributed by atoms with Gasteiger partial charge in [0.1, 0.15) is 5.78 Å². The molecule has 0 saturated heterocycles. The van der Waals surface area contributed by atoms with Crippen LogP contribution in [0.3, 0.4) is 0 Å². The highest BCUT2D eigenvalue weighted by molar-refractivity contribution is 6.11. The normalized spacial score (nSPS) is 12.1. The fourth-order valence-electron chi connectivity index (χ4n) is 2.22. The molecule has 1 aromatic heterocycles. The molecule has 24 heavy (non-hydrogen) atoms. The first-order valence-corrected chi connectivity index (χ1v) is 7.75. The highest BCUT2D eigenvalue weighted by Crippen LogP contribution is 2.24. The van der Waals surface area contributed by atoms with Crippen molar-refractivity contribution in [2.45, 2.75) is 20.8 Å². The molecule has 2 aromatic rings. The molecule has 1 heterocycles. The van der Waals surface area contributed by atoms with E-state index in [1.165, 1.54) is 13.1 Å². The summed E-state index contributed by atoms with van der Waals surface area (Å²) in [5, 5.41) is 0. The predicted octanol–water partition coefficient (Wildman–Crippen LogP) is 3.53. The van der Waals surface area contributed by atoms with Gasteiger partial charge < -0.3 is 4.74 Å². The lowest BCUT2D eigenvalue weighted by Gasteiger charge is -2.07. The Kier molecular flexibility index (Phi) is 5.95. The van der Waals surface area contributed by atoms with Gasteiger partial charge >= 0.3 is 5.97 Å². The topological polar surface area (TPSA) is 68.6 Å². The van der Waals surface area contributed by atoms with E-state index in [1.54, 1.807) is 13.1 Å². The summed E-state index contributed by atoms with van der Waals surface area (Å²) in [5.41, 5.74) is 3.62. The highest BCUT2D eigenvalue weighted by atomic mass is 16.5. The van der Waals surface area contributed by atoms with Crippen molar-refractivity contribution in [1.29, 1.82) is 0 Å².